The summed E-state index contributed by atoms with van der Waals surface area (Å²) in [7, 11) is 5.41. The van der Waals surface area contributed by atoms with Crippen LogP contribution in [-0.4, -0.2) is 103 Å². The highest BCUT2D eigenvalue weighted by molar-refractivity contribution is 7.71. The minimum absolute atomic E-state index is 0.0625. The number of hydrogen-bond donors (Lipinski definition) is 5. The van der Waals surface area contributed by atoms with E-state index in [9.17, 15) is 50.6 Å². The highest BCUT2D eigenvalue weighted by Gasteiger charge is 2.12. The van der Waals surface area contributed by atoms with Crippen LogP contribution in [0.25, 0.3) is 0 Å². The summed E-state index contributed by atoms with van der Waals surface area (Å²) in [6.45, 7) is 12.2. The van der Waals surface area contributed by atoms with Crippen molar-refractivity contribution in [2.24, 2.45) is 21.1 Å². The zero-order valence-corrected chi connectivity index (χ0v) is 37.9. The molecular formula is C34H47N21O10S. The Bertz CT molecular complexity index is 2590. The van der Waals surface area contributed by atoms with Crippen LogP contribution in [0.15, 0.2) is 74.4 Å². The van der Waals surface area contributed by atoms with Crippen molar-refractivity contribution >= 4 is 35.5 Å². The minimum atomic E-state index is -0.525. The summed E-state index contributed by atoms with van der Waals surface area (Å²) in [6, 6.07) is 0. The molecule has 8 aromatic heterocycles. The second kappa shape index (κ2) is 27.8. The SMILES string of the molecule is Cc1nc([N+](=O)[O-])cn1C.Cc1nc([N+](=O)[O-])cn1C.Cc1ncc([N+](=O)[O-])[nH]1.Cc1ncc([N+](=O)[O-])[nH]1.Cc1ncc[nH]1.Cc1nccn1C.Cc1nccn1[N+](=O)[O-].S=c1[nH]cc[nH]1. The van der Waals surface area contributed by atoms with E-state index in [1.807, 2.05) is 31.7 Å². The van der Waals surface area contributed by atoms with E-state index < -0.39 is 24.7 Å². The molecule has 0 bridgehead atoms. The van der Waals surface area contributed by atoms with Crippen molar-refractivity contribution in [3.05, 3.63) is 170 Å². The van der Waals surface area contributed by atoms with Crippen LogP contribution in [0.4, 0.5) is 23.3 Å². The Labute approximate surface area is 377 Å². The summed E-state index contributed by atoms with van der Waals surface area (Å²) in [5, 5.41) is 49.6. The van der Waals surface area contributed by atoms with Crippen LogP contribution >= 0.6 is 12.2 Å². The number of nitrogens with zero attached hydrogens (tertiary/aromatic N) is 16. The van der Waals surface area contributed by atoms with Gasteiger partial charge in [-0.05, 0) is 55.7 Å². The van der Waals surface area contributed by atoms with E-state index >= 15 is 0 Å². The van der Waals surface area contributed by atoms with E-state index in [0.29, 0.717) is 33.9 Å². The van der Waals surface area contributed by atoms with E-state index in [0.717, 1.165) is 16.3 Å². The fraction of sp³-hybridized carbons (Fsp3) is 0.294. The topological polar surface area (TPSA) is 405 Å². The predicted molar refractivity (Wildman–Crippen MR) is 236 cm³/mol. The fourth-order valence-electron chi connectivity index (χ4n) is 3.86. The van der Waals surface area contributed by atoms with Crippen molar-refractivity contribution in [3.8, 4) is 0 Å². The summed E-state index contributed by atoms with van der Waals surface area (Å²) >= 11 is 4.63. The van der Waals surface area contributed by atoms with Gasteiger partial charge >= 0.3 is 23.3 Å². The van der Waals surface area contributed by atoms with Crippen molar-refractivity contribution < 1.29 is 24.7 Å². The van der Waals surface area contributed by atoms with Gasteiger partial charge in [0.1, 0.15) is 36.4 Å². The van der Waals surface area contributed by atoms with Gasteiger partial charge in [0, 0.05) is 92.9 Å². The number of aromatic nitrogens is 16. The molecule has 0 saturated heterocycles. The van der Waals surface area contributed by atoms with Gasteiger partial charge in [-0.25, -0.2) is 45.0 Å². The Balaban J connectivity index is 0.000000379. The van der Waals surface area contributed by atoms with Crippen molar-refractivity contribution in [2.45, 2.75) is 48.5 Å². The third-order valence-corrected chi connectivity index (χ3v) is 7.76. The van der Waals surface area contributed by atoms with Gasteiger partial charge in [-0.1, -0.05) is 4.68 Å². The van der Waals surface area contributed by atoms with Gasteiger partial charge in [-0.3, -0.25) is 0 Å². The van der Waals surface area contributed by atoms with Crippen LogP contribution in [0, 0.1) is 104 Å². The van der Waals surface area contributed by atoms with Crippen LogP contribution in [0.2, 0.25) is 0 Å². The summed E-state index contributed by atoms with van der Waals surface area (Å²) in [4.78, 5) is 87.5. The number of nitro groups is 5. The Morgan fingerprint density at radius 2 is 0.939 bits per heavy atom. The third kappa shape index (κ3) is 21.1. The molecule has 0 aliphatic rings. The van der Waals surface area contributed by atoms with Gasteiger partial charge in [-0.15, -0.1) is 0 Å². The number of aromatic amines is 5. The molecule has 32 heteroatoms. The number of aryl methyl sites for hydroxylation is 10. The number of rotatable bonds is 5. The van der Waals surface area contributed by atoms with Crippen molar-refractivity contribution in [1.82, 2.24) is 78.2 Å². The molecule has 66 heavy (non-hydrogen) atoms. The highest BCUT2D eigenvalue weighted by atomic mass is 32.1. The van der Waals surface area contributed by atoms with Gasteiger partial charge in [0.05, 0.1) is 12.4 Å². The molecule has 8 rings (SSSR count). The van der Waals surface area contributed by atoms with Gasteiger partial charge in [0.15, 0.2) is 27.3 Å². The van der Waals surface area contributed by atoms with Gasteiger partial charge < -0.3 is 69.1 Å². The summed E-state index contributed by atoms with van der Waals surface area (Å²) in [6.07, 6.45) is 18.6. The molecule has 0 aromatic carbocycles. The molecule has 0 aliphatic heterocycles. The highest BCUT2D eigenvalue weighted by Crippen LogP contribution is 2.09. The lowest BCUT2D eigenvalue weighted by molar-refractivity contribution is -0.543. The molecule has 0 aliphatic carbocycles. The zero-order valence-electron chi connectivity index (χ0n) is 37.1. The molecule has 8 aromatic rings. The van der Waals surface area contributed by atoms with Crippen LogP contribution in [0.3, 0.4) is 0 Å². The van der Waals surface area contributed by atoms with Crippen LogP contribution < -0.4 is 0 Å². The van der Waals surface area contributed by atoms with Crippen molar-refractivity contribution in [2.75, 3.05) is 0 Å². The fourth-order valence-corrected chi connectivity index (χ4v) is 4.00. The summed E-state index contributed by atoms with van der Waals surface area (Å²) < 4.78 is 6.73. The molecule has 8 heterocycles. The molecule has 5 N–H and O–H groups in total. The van der Waals surface area contributed by atoms with E-state index in [4.69, 9.17) is 0 Å². The first-order valence-electron chi connectivity index (χ1n) is 18.3. The van der Waals surface area contributed by atoms with E-state index in [2.05, 4.69) is 72.0 Å². The molecule has 0 saturated carbocycles. The first kappa shape index (κ1) is 54.9. The third-order valence-electron chi connectivity index (χ3n) is 7.52. The monoisotopic (exact) mass is 941 g/mol. The minimum Gasteiger partial charge on any atom is -0.358 e. The molecule has 0 amide bonds. The van der Waals surface area contributed by atoms with Crippen LogP contribution in [0.5, 0.6) is 0 Å². The summed E-state index contributed by atoms with van der Waals surface area (Å²) in [5.74, 6) is 4.50. The van der Waals surface area contributed by atoms with E-state index in [1.165, 1.54) is 37.2 Å². The number of H-pyrrole nitrogens is 5. The van der Waals surface area contributed by atoms with Crippen LogP contribution in [-0.2, 0) is 21.1 Å². The molecule has 0 radical (unpaired) electrons. The standard InChI is InChI=1S/2C5H7N3O2.C5H8N2.3C4H5N3O2.C4H6N2.C3H4N2S/c2*1-4-6-5(8(9)10)3-7(4)2;1-5-6-3-4-7(5)2;1-4-5-2-3-6(4)7(8)9;2*1-3-5-2-4(6-3)7(8)9;1-4-5-2-3-6-4;6-3-4-1-2-5-3/h2*3H,1-2H3;3-4H,1-2H3;2-3H,1H3;2*2H,1H3,(H,5,6);2-3H,1H3,(H,5,6);1-2H,(H2,4,5,6). The van der Waals surface area contributed by atoms with Crippen LogP contribution in [0.1, 0.15) is 40.8 Å². The lowest BCUT2D eigenvalue weighted by Gasteiger charge is -1.88. The molecule has 354 valence electrons. The Morgan fingerprint density at radius 1 is 0.500 bits per heavy atom. The van der Waals surface area contributed by atoms with Crippen molar-refractivity contribution in [1.29, 1.82) is 0 Å². The quantitative estimate of drug-likeness (QED) is 0.0832. The first-order chi connectivity index (χ1) is 30.9. The Morgan fingerprint density at radius 3 is 1.08 bits per heavy atom. The lowest BCUT2D eigenvalue weighted by atomic mass is 10.7. The number of nitrogens with one attached hydrogen (secondary N) is 5. The average Bonchev–Trinajstić information content (AvgIpc) is 4.10. The largest absolute Gasteiger partial charge is 0.381 e. The molecule has 0 fully saturated rings. The zero-order chi connectivity index (χ0) is 50.1. The first-order valence-corrected chi connectivity index (χ1v) is 18.7. The normalized spacial score (nSPS) is 9.42. The maximum absolute atomic E-state index is 10.1. The molecule has 0 atom stereocenters. The predicted octanol–water partition coefficient (Wildman–Crippen LogP) is 5.28. The van der Waals surface area contributed by atoms with Crippen molar-refractivity contribution in [3.63, 3.8) is 0 Å². The molecule has 0 unspecified atom stereocenters. The number of hydrogen-bond acceptors (Lipinski definition) is 18. The maximum Gasteiger partial charge on any atom is 0.381 e. The van der Waals surface area contributed by atoms with E-state index in [-0.39, 0.29) is 23.3 Å². The van der Waals surface area contributed by atoms with Gasteiger partial charge in [0.2, 0.25) is 11.6 Å². The maximum atomic E-state index is 10.1. The van der Waals surface area contributed by atoms with E-state index in [1.54, 1.807) is 88.8 Å². The van der Waals surface area contributed by atoms with Gasteiger partial charge in [0.25, 0.3) is 0 Å². The molecule has 31 nitrogen and oxygen atoms in total. The molecule has 0 spiro atoms. The Hall–Kier alpha value is -9.10. The number of imidazole rings is 8. The smallest absolute Gasteiger partial charge is 0.358 e. The second-order valence-electron chi connectivity index (χ2n) is 12.5. The molecular weight excluding hydrogens is 895 g/mol. The average molecular weight is 942 g/mol. The Kier molecular flexibility index (Phi) is 23.1. The van der Waals surface area contributed by atoms with Gasteiger partial charge in [-0.2, -0.15) is 0 Å². The lowest BCUT2D eigenvalue weighted by Crippen LogP contribution is -2.08. The summed E-state index contributed by atoms with van der Waals surface area (Å²) in [5.41, 5.74) is 0. The second-order valence-corrected chi connectivity index (χ2v) is 12.9.